The van der Waals surface area contributed by atoms with Crippen molar-refractivity contribution in [1.29, 1.82) is 0 Å². The number of aliphatic hydroxyl groups excluding tert-OH is 1. The van der Waals surface area contributed by atoms with Gasteiger partial charge in [-0.1, -0.05) is 29.3 Å². The van der Waals surface area contributed by atoms with E-state index in [0.29, 0.717) is 28.7 Å². The molecule has 1 rings (SSSR count). The number of rotatable bonds is 6. The van der Waals surface area contributed by atoms with E-state index in [4.69, 9.17) is 23.2 Å². The second-order valence-electron chi connectivity index (χ2n) is 5.29. The zero-order valence-electron chi connectivity index (χ0n) is 11.9. The molecule has 20 heavy (non-hydrogen) atoms. The van der Waals surface area contributed by atoms with E-state index < -0.39 is 0 Å². The van der Waals surface area contributed by atoms with Crippen molar-refractivity contribution in [2.24, 2.45) is 0 Å². The Morgan fingerprint density at radius 1 is 1.35 bits per heavy atom. The van der Waals surface area contributed by atoms with Crippen molar-refractivity contribution in [2.45, 2.75) is 25.8 Å². The molecule has 1 amide bonds. The van der Waals surface area contributed by atoms with Gasteiger partial charge >= 0.3 is 0 Å². The van der Waals surface area contributed by atoms with Crippen molar-refractivity contribution in [3.05, 3.63) is 28.2 Å². The lowest BCUT2D eigenvalue weighted by Crippen LogP contribution is -2.45. The van der Waals surface area contributed by atoms with Gasteiger partial charge in [-0.3, -0.25) is 9.69 Å². The molecule has 0 heterocycles. The first-order valence-corrected chi connectivity index (χ1v) is 7.09. The molecule has 6 heteroatoms. The fourth-order valence-corrected chi connectivity index (χ4v) is 2.00. The zero-order chi connectivity index (χ0) is 15.3. The molecule has 0 aliphatic heterocycles. The van der Waals surface area contributed by atoms with Crippen LogP contribution in [-0.4, -0.2) is 41.7 Å². The van der Waals surface area contributed by atoms with E-state index in [9.17, 15) is 9.90 Å². The Bertz CT molecular complexity index is 458. The fourth-order valence-electron chi connectivity index (χ4n) is 1.51. The lowest BCUT2D eigenvalue weighted by molar-refractivity contribution is -0.116. The molecule has 0 aromatic heterocycles. The summed E-state index contributed by atoms with van der Waals surface area (Å²) in [5, 5.41) is 12.8. The van der Waals surface area contributed by atoms with Crippen LogP contribution in [0.5, 0.6) is 0 Å². The Kier molecular flexibility index (Phi) is 6.27. The third kappa shape index (κ3) is 4.63. The Balaban J connectivity index is 2.57. The number of amides is 1. The summed E-state index contributed by atoms with van der Waals surface area (Å²) in [4.78, 5) is 13.9. The van der Waals surface area contributed by atoms with Crippen molar-refractivity contribution in [3.8, 4) is 0 Å². The van der Waals surface area contributed by atoms with Crippen LogP contribution in [0.25, 0.3) is 0 Å². The van der Waals surface area contributed by atoms with Crippen LogP contribution in [0, 0.1) is 0 Å². The van der Waals surface area contributed by atoms with Gasteiger partial charge in [-0.2, -0.15) is 0 Å². The number of benzene rings is 1. The largest absolute Gasteiger partial charge is 0.394 e. The third-order valence-corrected chi connectivity index (χ3v) is 3.95. The SMILES string of the molecule is CN(CCC(=O)Nc1c(Cl)cccc1Cl)C(C)(C)CO. The first kappa shape index (κ1) is 17.2. The highest BCUT2D eigenvalue weighted by atomic mass is 35.5. The molecule has 112 valence electrons. The Morgan fingerprint density at radius 2 is 1.90 bits per heavy atom. The number of aliphatic hydroxyl groups is 1. The van der Waals surface area contributed by atoms with Crippen LogP contribution in [-0.2, 0) is 4.79 Å². The zero-order valence-corrected chi connectivity index (χ0v) is 13.4. The number of anilines is 1. The maximum absolute atomic E-state index is 11.9. The number of nitrogens with one attached hydrogen (secondary N) is 1. The maximum Gasteiger partial charge on any atom is 0.225 e. The topological polar surface area (TPSA) is 52.6 Å². The number of hydrogen-bond acceptors (Lipinski definition) is 3. The van der Waals surface area contributed by atoms with Crippen molar-refractivity contribution < 1.29 is 9.90 Å². The van der Waals surface area contributed by atoms with E-state index >= 15 is 0 Å². The van der Waals surface area contributed by atoms with Crippen molar-refractivity contribution >= 4 is 34.8 Å². The minimum absolute atomic E-state index is 0.0292. The van der Waals surface area contributed by atoms with Crippen LogP contribution >= 0.6 is 23.2 Å². The van der Waals surface area contributed by atoms with E-state index in [1.807, 2.05) is 25.8 Å². The van der Waals surface area contributed by atoms with E-state index in [1.54, 1.807) is 18.2 Å². The van der Waals surface area contributed by atoms with Gasteiger partial charge in [0.05, 0.1) is 22.3 Å². The van der Waals surface area contributed by atoms with Crippen LogP contribution in [0.4, 0.5) is 5.69 Å². The quantitative estimate of drug-likeness (QED) is 0.847. The number of nitrogens with zero attached hydrogens (tertiary/aromatic N) is 1. The molecular formula is C14H20Cl2N2O2. The summed E-state index contributed by atoms with van der Waals surface area (Å²) in [7, 11) is 1.87. The normalized spacial score (nSPS) is 11.8. The van der Waals surface area contributed by atoms with E-state index in [0.717, 1.165) is 0 Å². The Morgan fingerprint density at radius 3 is 2.40 bits per heavy atom. The molecule has 0 radical (unpaired) electrons. The monoisotopic (exact) mass is 318 g/mol. The average molecular weight is 319 g/mol. The van der Waals surface area contributed by atoms with Crippen molar-refractivity contribution in [2.75, 3.05) is 25.5 Å². The Hall–Kier alpha value is -0.810. The summed E-state index contributed by atoms with van der Waals surface area (Å²) in [5.41, 5.74) is 0.0763. The molecule has 1 aromatic carbocycles. The fraction of sp³-hybridized carbons (Fsp3) is 0.500. The van der Waals surface area contributed by atoms with Gasteiger partial charge in [-0.05, 0) is 33.0 Å². The highest BCUT2D eigenvalue weighted by Crippen LogP contribution is 2.29. The number of carbonyl (C=O) groups is 1. The average Bonchev–Trinajstić information content (AvgIpc) is 2.40. The summed E-state index contributed by atoms with van der Waals surface area (Å²) in [5.74, 6) is -0.166. The number of para-hydroxylation sites is 1. The number of carbonyl (C=O) groups excluding carboxylic acids is 1. The molecule has 0 aliphatic carbocycles. The van der Waals surface area contributed by atoms with E-state index in [1.165, 1.54) is 0 Å². The molecule has 0 aliphatic rings. The number of likely N-dealkylation sites (N-methyl/N-ethyl adjacent to an activating group) is 1. The summed E-state index contributed by atoms with van der Waals surface area (Å²) >= 11 is 12.0. The second kappa shape index (κ2) is 7.27. The molecule has 4 nitrogen and oxygen atoms in total. The lowest BCUT2D eigenvalue weighted by atomic mass is 10.1. The first-order chi connectivity index (χ1) is 9.27. The third-order valence-electron chi connectivity index (χ3n) is 3.32. The molecule has 0 atom stereocenters. The van der Waals surface area contributed by atoms with Crippen LogP contribution in [0.2, 0.25) is 10.0 Å². The van der Waals surface area contributed by atoms with Crippen LogP contribution in [0.1, 0.15) is 20.3 Å². The molecule has 0 saturated heterocycles. The first-order valence-electron chi connectivity index (χ1n) is 6.34. The smallest absolute Gasteiger partial charge is 0.225 e. The summed E-state index contributed by atoms with van der Waals surface area (Å²) in [6, 6.07) is 5.06. The highest BCUT2D eigenvalue weighted by molar-refractivity contribution is 6.39. The molecule has 0 unspecified atom stereocenters. The minimum Gasteiger partial charge on any atom is -0.394 e. The van der Waals surface area contributed by atoms with Gasteiger partial charge in [0.25, 0.3) is 0 Å². The highest BCUT2D eigenvalue weighted by Gasteiger charge is 2.22. The summed E-state index contributed by atoms with van der Waals surface area (Å²) in [6.45, 7) is 4.38. The second-order valence-corrected chi connectivity index (χ2v) is 6.10. The summed E-state index contributed by atoms with van der Waals surface area (Å²) in [6.07, 6.45) is 0.293. The molecule has 1 aromatic rings. The predicted molar refractivity (Wildman–Crippen MR) is 83.5 cm³/mol. The van der Waals surface area contributed by atoms with Gasteiger partial charge in [0, 0.05) is 18.5 Å². The van der Waals surface area contributed by atoms with Crippen LogP contribution < -0.4 is 5.32 Å². The number of hydrogen-bond donors (Lipinski definition) is 2. The molecule has 2 N–H and O–H groups in total. The maximum atomic E-state index is 11.9. The molecule has 0 saturated carbocycles. The molecule has 0 fully saturated rings. The lowest BCUT2D eigenvalue weighted by Gasteiger charge is -2.33. The van der Waals surface area contributed by atoms with Crippen LogP contribution in [0.15, 0.2) is 18.2 Å². The van der Waals surface area contributed by atoms with E-state index in [2.05, 4.69) is 5.32 Å². The van der Waals surface area contributed by atoms with Gasteiger partial charge in [-0.25, -0.2) is 0 Å². The standard InChI is InChI=1S/C14H20Cl2N2O2/c1-14(2,9-19)18(3)8-7-12(20)17-13-10(15)5-4-6-11(13)16/h4-6,19H,7-9H2,1-3H3,(H,17,20). The van der Waals surface area contributed by atoms with Crippen molar-refractivity contribution in [1.82, 2.24) is 4.90 Å². The molecule has 0 spiro atoms. The minimum atomic E-state index is -0.359. The van der Waals surface area contributed by atoms with Gasteiger partial charge in [0.2, 0.25) is 5.91 Å². The van der Waals surface area contributed by atoms with Crippen molar-refractivity contribution in [3.63, 3.8) is 0 Å². The summed E-state index contributed by atoms with van der Waals surface area (Å²) < 4.78 is 0. The van der Waals surface area contributed by atoms with E-state index in [-0.39, 0.29) is 18.1 Å². The molecule has 0 bridgehead atoms. The van der Waals surface area contributed by atoms with Gasteiger partial charge in [-0.15, -0.1) is 0 Å². The Labute approximate surface area is 129 Å². The molecular weight excluding hydrogens is 299 g/mol. The van der Waals surface area contributed by atoms with Gasteiger partial charge in [0.1, 0.15) is 0 Å². The van der Waals surface area contributed by atoms with Crippen LogP contribution in [0.3, 0.4) is 0 Å². The number of halogens is 2. The predicted octanol–water partition coefficient (Wildman–Crippen LogP) is 3.02. The van der Waals surface area contributed by atoms with Gasteiger partial charge < -0.3 is 10.4 Å². The van der Waals surface area contributed by atoms with Gasteiger partial charge in [0.15, 0.2) is 0 Å².